The third kappa shape index (κ3) is 3.98. The maximum Gasteiger partial charge on any atom is 0.229 e. The molecule has 0 radical (unpaired) electrons. The van der Waals surface area contributed by atoms with Gasteiger partial charge in [-0.1, -0.05) is 41.7 Å². The van der Waals surface area contributed by atoms with E-state index in [1.165, 1.54) is 11.3 Å². The Kier molecular flexibility index (Phi) is 5.11. The minimum absolute atomic E-state index is 0.00524. The maximum atomic E-state index is 12.7. The van der Waals surface area contributed by atoms with E-state index in [1.54, 1.807) is 12.4 Å². The summed E-state index contributed by atoms with van der Waals surface area (Å²) < 4.78 is 0. The van der Waals surface area contributed by atoms with Crippen LogP contribution in [0.3, 0.4) is 0 Å². The molecule has 27 heavy (non-hydrogen) atoms. The Balaban J connectivity index is 1.38. The number of amides is 1. The number of rotatable bonds is 4. The van der Waals surface area contributed by atoms with Gasteiger partial charge in [0.2, 0.25) is 11.9 Å². The quantitative estimate of drug-likeness (QED) is 0.747. The fourth-order valence-electron chi connectivity index (χ4n) is 3.31. The predicted molar refractivity (Wildman–Crippen MR) is 108 cm³/mol. The number of nitrogens with zero attached hydrogens (tertiary/aromatic N) is 4. The number of aromatic nitrogens is 3. The van der Waals surface area contributed by atoms with Crippen molar-refractivity contribution in [2.75, 3.05) is 23.3 Å². The molecule has 1 amide bonds. The van der Waals surface area contributed by atoms with Crippen LogP contribution in [0.4, 0.5) is 11.1 Å². The highest BCUT2D eigenvalue weighted by Crippen LogP contribution is 2.33. The number of anilines is 2. The predicted octanol–water partition coefficient (Wildman–Crippen LogP) is 3.76. The molecule has 3 heterocycles. The van der Waals surface area contributed by atoms with Crippen molar-refractivity contribution in [3.8, 4) is 10.4 Å². The second-order valence-electron chi connectivity index (χ2n) is 6.60. The Bertz CT molecular complexity index is 905. The molecule has 0 unspecified atom stereocenters. The standard InChI is InChI=1S/C20H21N5OS/c1-14-17(15-6-3-2-4-7-15)27-20(23-14)24-18(26)16-8-12-25(13-9-16)19-21-10-5-11-22-19/h2-7,10-11,16H,8-9,12-13H2,1H3,(H,23,24,26). The zero-order valence-corrected chi connectivity index (χ0v) is 15.9. The van der Waals surface area contributed by atoms with Crippen LogP contribution in [0.2, 0.25) is 0 Å². The van der Waals surface area contributed by atoms with Crippen LogP contribution in [0, 0.1) is 12.8 Å². The zero-order valence-electron chi connectivity index (χ0n) is 15.1. The number of piperidine rings is 1. The molecule has 1 fully saturated rings. The normalized spacial score (nSPS) is 14.9. The molecule has 4 rings (SSSR count). The van der Waals surface area contributed by atoms with Crippen molar-refractivity contribution in [3.05, 3.63) is 54.5 Å². The van der Waals surface area contributed by atoms with Crippen LogP contribution in [-0.4, -0.2) is 33.9 Å². The highest BCUT2D eigenvalue weighted by molar-refractivity contribution is 7.19. The summed E-state index contributed by atoms with van der Waals surface area (Å²) >= 11 is 1.53. The first-order valence-electron chi connectivity index (χ1n) is 9.06. The van der Waals surface area contributed by atoms with Crippen LogP contribution >= 0.6 is 11.3 Å². The summed E-state index contributed by atoms with van der Waals surface area (Å²) in [4.78, 5) is 29.0. The largest absolute Gasteiger partial charge is 0.341 e. The molecule has 1 aliphatic heterocycles. The lowest BCUT2D eigenvalue weighted by molar-refractivity contribution is -0.120. The number of carbonyl (C=O) groups excluding carboxylic acids is 1. The first-order chi connectivity index (χ1) is 13.2. The smallest absolute Gasteiger partial charge is 0.229 e. The Labute approximate surface area is 162 Å². The monoisotopic (exact) mass is 379 g/mol. The van der Waals surface area contributed by atoms with E-state index in [0.717, 1.165) is 48.0 Å². The molecule has 0 aliphatic carbocycles. The summed E-state index contributed by atoms with van der Waals surface area (Å²) in [5.74, 6) is 0.783. The number of nitrogens with one attached hydrogen (secondary N) is 1. The summed E-state index contributed by atoms with van der Waals surface area (Å²) in [6.07, 6.45) is 5.08. The lowest BCUT2D eigenvalue weighted by Gasteiger charge is -2.30. The van der Waals surface area contributed by atoms with Gasteiger partial charge < -0.3 is 10.2 Å². The van der Waals surface area contributed by atoms with Gasteiger partial charge in [-0.2, -0.15) is 0 Å². The van der Waals surface area contributed by atoms with Gasteiger partial charge in [0, 0.05) is 31.4 Å². The maximum absolute atomic E-state index is 12.7. The fraction of sp³-hybridized carbons (Fsp3) is 0.300. The third-order valence-corrected chi connectivity index (χ3v) is 5.89. The molecule has 7 heteroatoms. The SMILES string of the molecule is Cc1nc(NC(=O)C2CCN(c3ncccn3)CC2)sc1-c1ccccc1. The molecule has 1 aromatic carbocycles. The van der Waals surface area contributed by atoms with E-state index in [4.69, 9.17) is 0 Å². The lowest BCUT2D eigenvalue weighted by atomic mass is 9.96. The van der Waals surface area contributed by atoms with Gasteiger partial charge in [0.1, 0.15) is 0 Å². The lowest BCUT2D eigenvalue weighted by Crippen LogP contribution is -2.39. The van der Waals surface area contributed by atoms with E-state index in [2.05, 4.69) is 37.3 Å². The van der Waals surface area contributed by atoms with Crippen molar-refractivity contribution in [1.82, 2.24) is 15.0 Å². The van der Waals surface area contributed by atoms with E-state index < -0.39 is 0 Å². The number of carbonyl (C=O) groups is 1. The molecule has 1 aliphatic rings. The Hall–Kier alpha value is -2.80. The second-order valence-corrected chi connectivity index (χ2v) is 7.60. The number of hydrogen-bond acceptors (Lipinski definition) is 6. The van der Waals surface area contributed by atoms with Gasteiger partial charge in [-0.3, -0.25) is 4.79 Å². The van der Waals surface area contributed by atoms with Gasteiger partial charge in [0.05, 0.1) is 10.6 Å². The topological polar surface area (TPSA) is 71.0 Å². The zero-order chi connectivity index (χ0) is 18.6. The fourth-order valence-corrected chi connectivity index (χ4v) is 4.29. The van der Waals surface area contributed by atoms with E-state index in [0.29, 0.717) is 5.13 Å². The molecular weight excluding hydrogens is 358 g/mol. The first kappa shape index (κ1) is 17.6. The molecular formula is C20H21N5OS. The summed E-state index contributed by atoms with van der Waals surface area (Å²) in [6.45, 7) is 3.55. The van der Waals surface area contributed by atoms with Gasteiger partial charge in [0.25, 0.3) is 0 Å². The molecule has 2 aromatic heterocycles. The van der Waals surface area contributed by atoms with Crippen LogP contribution in [0.25, 0.3) is 10.4 Å². The van der Waals surface area contributed by atoms with Crippen molar-refractivity contribution >= 4 is 28.3 Å². The molecule has 3 aromatic rings. The summed E-state index contributed by atoms with van der Waals surface area (Å²) in [6, 6.07) is 12.0. The molecule has 1 N–H and O–H groups in total. The molecule has 138 valence electrons. The van der Waals surface area contributed by atoms with Gasteiger partial charge in [-0.15, -0.1) is 0 Å². The van der Waals surface area contributed by atoms with Crippen LogP contribution in [0.5, 0.6) is 0 Å². The number of hydrogen-bond donors (Lipinski definition) is 1. The van der Waals surface area contributed by atoms with E-state index >= 15 is 0 Å². The van der Waals surface area contributed by atoms with E-state index in [9.17, 15) is 4.79 Å². The molecule has 0 atom stereocenters. The van der Waals surface area contributed by atoms with Crippen molar-refractivity contribution in [3.63, 3.8) is 0 Å². The number of aryl methyl sites for hydroxylation is 1. The Morgan fingerprint density at radius 1 is 1.11 bits per heavy atom. The van der Waals surface area contributed by atoms with Crippen LogP contribution in [0.15, 0.2) is 48.8 Å². The minimum Gasteiger partial charge on any atom is -0.341 e. The van der Waals surface area contributed by atoms with Crippen LogP contribution in [0.1, 0.15) is 18.5 Å². The van der Waals surface area contributed by atoms with Gasteiger partial charge in [-0.25, -0.2) is 15.0 Å². The van der Waals surface area contributed by atoms with Gasteiger partial charge in [-0.05, 0) is 31.4 Å². The van der Waals surface area contributed by atoms with Gasteiger partial charge in [0.15, 0.2) is 5.13 Å². The molecule has 1 saturated heterocycles. The average molecular weight is 379 g/mol. The molecule has 0 bridgehead atoms. The van der Waals surface area contributed by atoms with Crippen LogP contribution < -0.4 is 10.2 Å². The average Bonchev–Trinajstić information content (AvgIpc) is 3.09. The Morgan fingerprint density at radius 3 is 2.52 bits per heavy atom. The number of thiazole rings is 1. The van der Waals surface area contributed by atoms with Crippen molar-refractivity contribution in [1.29, 1.82) is 0 Å². The molecule has 6 nitrogen and oxygen atoms in total. The van der Waals surface area contributed by atoms with Crippen molar-refractivity contribution < 1.29 is 4.79 Å². The highest BCUT2D eigenvalue weighted by atomic mass is 32.1. The highest BCUT2D eigenvalue weighted by Gasteiger charge is 2.26. The number of benzene rings is 1. The second kappa shape index (κ2) is 7.84. The van der Waals surface area contributed by atoms with E-state index in [-0.39, 0.29) is 11.8 Å². The first-order valence-corrected chi connectivity index (χ1v) is 9.88. The van der Waals surface area contributed by atoms with Crippen LogP contribution in [-0.2, 0) is 4.79 Å². The van der Waals surface area contributed by atoms with Gasteiger partial charge >= 0.3 is 0 Å². The van der Waals surface area contributed by atoms with E-state index in [1.807, 2.05) is 31.2 Å². The minimum atomic E-state index is -0.00524. The molecule has 0 saturated carbocycles. The summed E-state index contributed by atoms with van der Waals surface area (Å²) in [5, 5.41) is 3.69. The van der Waals surface area contributed by atoms with Crippen molar-refractivity contribution in [2.24, 2.45) is 5.92 Å². The third-order valence-electron chi connectivity index (χ3n) is 4.76. The summed E-state index contributed by atoms with van der Waals surface area (Å²) in [5.41, 5.74) is 2.07. The molecule has 0 spiro atoms. The Morgan fingerprint density at radius 2 is 1.81 bits per heavy atom. The summed E-state index contributed by atoms with van der Waals surface area (Å²) in [7, 11) is 0. The van der Waals surface area contributed by atoms with Crippen molar-refractivity contribution in [2.45, 2.75) is 19.8 Å².